The first-order valence-electron chi connectivity index (χ1n) is 10.9. The molecule has 0 amide bonds. The maximum atomic E-state index is 5.97. The smallest absolute Gasteiger partial charge is 0.193 e. The number of methoxy groups -OCH3 is 1. The first kappa shape index (κ1) is 20.7. The minimum Gasteiger partial charge on any atom is -0.496 e. The van der Waals surface area contributed by atoms with Gasteiger partial charge >= 0.3 is 0 Å². The number of ether oxygens (including phenoxy) is 2. The molecule has 2 aromatic rings. The summed E-state index contributed by atoms with van der Waals surface area (Å²) in [6.45, 7) is 4.40. The molecule has 0 aromatic heterocycles. The number of guanidine groups is 1. The Bertz CT molecular complexity index is 848. The molecule has 1 unspecified atom stereocenters. The summed E-state index contributed by atoms with van der Waals surface area (Å²) in [4.78, 5) is 6.93. The molecule has 0 bridgehead atoms. The first-order valence-corrected chi connectivity index (χ1v) is 10.9. The van der Waals surface area contributed by atoms with Gasteiger partial charge in [0, 0.05) is 43.6 Å². The fourth-order valence-corrected chi connectivity index (χ4v) is 4.43. The van der Waals surface area contributed by atoms with Crippen LogP contribution in [0.2, 0.25) is 0 Å². The summed E-state index contributed by atoms with van der Waals surface area (Å²) in [5, 5.41) is 3.65. The van der Waals surface area contributed by atoms with Gasteiger partial charge in [0.25, 0.3) is 0 Å². The lowest BCUT2D eigenvalue weighted by atomic mass is 9.95. The van der Waals surface area contributed by atoms with Gasteiger partial charge in [0.15, 0.2) is 5.96 Å². The van der Waals surface area contributed by atoms with E-state index in [9.17, 15) is 0 Å². The van der Waals surface area contributed by atoms with Gasteiger partial charge < -0.3 is 19.7 Å². The number of aliphatic imine (C=N–C) groups is 1. The Morgan fingerprint density at radius 3 is 2.63 bits per heavy atom. The van der Waals surface area contributed by atoms with E-state index in [1.807, 2.05) is 19.2 Å². The quantitative estimate of drug-likeness (QED) is 0.533. The maximum absolute atomic E-state index is 5.97. The summed E-state index contributed by atoms with van der Waals surface area (Å²) in [5.41, 5.74) is 2.71. The number of nitrogens with one attached hydrogen (secondary N) is 1. The zero-order valence-electron chi connectivity index (χ0n) is 18.1. The summed E-state index contributed by atoms with van der Waals surface area (Å²) in [6, 6.07) is 18.8. The van der Waals surface area contributed by atoms with Crippen LogP contribution in [0.4, 0.5) is 0 Å². The Balaban J connectivity index is 1.27. The Morgan fingerprint density at radius 2 is 1.90 bits per heavy atom. The average Bonchev–Trinajstić information content (AvgIpc) is 3.44. The van der Waals surface area contributed by atoms with Gasteiger partial charge in [0.2, 0.25) is 0 Å². The molecule has 1 aliphatic heterocycles. The molecule has 1 atom stereocenters. The van der Waals surface area contributed by atoms with E-state index < -0.39 is 0 Å². The van der Waals surface area contributed by atoms with E-state index in [1.165, 1.54) is 24.0 Å². The maximum Gasteiger partial charge on any atom is 0.193 e. The van der Waals surface area contributed by atoms with Gasteiger partial charge in [-0.15, -0.1) is 0 Å². The number of nitrogens with zero attached hydrogens (tertiary/aromatic N) is 2. The van der Waals surface area contributed by atoms with Crippen molar-refractivity contribution >= 4 is 5.96 Å². The van der Waals surface area contributed by atoms with Crippen molar-refractivity contribution in [3.8, 4) is 5.75 Å². The van der Waals surface area contributed by atoms with Gasteiger partial charge in [0.05, 0.1) is 20.3 Å². The highest BCUT2D eigenvalue weighted by Crippen LogP contribution is 2.50. The molecule has 2 fully saturated rings. The highest BCUT2D eigenvalue weighted by Gasteiger charge is 2.46. The molecule has 1 heterocycles. The Labute approximate surface area is 180 Å². The molecule has 0 spiro atoms. The lowest BCUT2D eigenvalue weighted by molar-refractivity contribution is 0.0906. The Hall–Kier alpha value is -2.53. The van der Waals surface area contributed by atoms with Crippen LogP contribution in [0.15, 0.2) is 59.6 Å². The number of rotatable bonds is 8. The second kappa shape index (κ2) is 9.52. The summed E-state index contributed by atoms with van der Waals surface area (Å²) in [5.74, 6) is 2.54. The number of para-hydroxylation sites is 1. The molecule has 2 aromatic carbocycles. The number of hydrogen-bond acceptors (Lipinski definition) is 3. The highest BCUT2D eigenvalue weighted by molar-refractivity contribution is 5.80. The molecule has 5 heteroatoms. The predicted octanol–water partition coefficient (Wildman–Crippen LogP) is 3.84. The third kappa shape index (κ3) is 4.78. The first-order chi connectivity index (χ1) is 14.7. The van der Waals surface area contributed by atoms with Crippen LogP contribution in [-0.4, -0.2) is 51.3 Å². The molecule has 4 rings (SSSR count). The zero-order valence-corrected chi connectivity index (χ0v) is 18.1. The minimum absolute atomic E-state index is 0.167. The summed E-state index contributed by atoms with van der Waals surface area (Å²) < 4.78 is 11.6. The normalized spacial score (nSPS) is 20.3. The van der Waals surface area contributed by atoms with Crippen molar-refractivity contribution in [3.05, 3.63) is 65.7 Å². The fourth-order valence-electron chi connectivity index (χ4n) is 4.43. The molecule has 160 valence electrons. The summed E-state index contributed by atoms with van der Waals surface area (Å²) >= 11 is 0. The number of hydrogen-bond donors (Lipinski definition) is 1. The van der Waals surface area contributed by atoms with Gasteiger partial charge in [-0.3, -0.25) is 4.99 Å². The van der Waals surface area contributed by atoms with Crippen molar-refractivity contribution in [2.45, 2.75) is 31.3 Å². The largest absolute Gasteiger partial charge is 0.496 e. The second-order valence-corrected chi connectivity index (χ2v) is 8.48. The molecular formula is C25H33N3O2. The van der Waals surface area contributed by atoms with Crippen LogP contribution in [0.5, 0.6) is 5.75 Å². The molecule has 1 saturated heterocycles. The molecule has 1 saturated carbocycles. The Morgan fingerprint density at radius 1 is 1.13 bits per heavy atom. The van der Waals surface area contributed by atoms with Crippen LogP contribution < -0.4 is 10.1 Å². The zero-order chi connectivity index (χ0) is 20.8. The Kier molecular flexibility index (Phi) is 6.58. The molecular weight excluding hydrogens is 374 g/mol. The lowest BCUT2D eigenvalue weighted by Crippen LogP contribution is -2.43. The third-order valence-corrected chi connectivity index (χ3v) is 6.38. The fraction of sp³-hybridized carbons (Fsp3) is 0.480. The molecule has 5 nitrogen and oxygen atoms in total. The lowest BCUT2D eigenvalue weighted by Gasteiger charge is -2.25. The van der Waals surface area contributed by atoms with E-state index >= 15 is 0 Å². The van der Waals surface area contributed by atoms with Gasteiger partial charge in [-0.1, -0.05) is 48.5 Å². The van der Waals surface area contributed by atoms with E-state index in [1.54, 1.807) is 7.11 Å². The average molecular weight is 408 g/mol. The van der Waals surface area contributed by atoms with Gasteiger partial charge in [-0.05, 0) is 30.9 Å². The van der Waals surface area contributed by atoms with Crippen LogP contribution in [0.3, 0.4) is 0 Å². The monoisotopic (exact) mass is 407 g/mol. The van der Waals surface area contributed by atoms with Crippen molar-refractivity contribution < 1.29 is 9.47 Å². The third-order valence-electron chi connectivity index (χ3n) is 6.38. The molecule has 30 heavy (non-hydrogen) atoms. The summed E-state index contributed by atoms with van der Waals surface area (Å²) in [6.07, 6.45) is 3.52. The standard InChI is InChI=1S/C25H33N3O2/c1-26-24(27-19-25(13-14-25)22-10-6-7-11-23(22)29-2)28-15-12-21(16-28)18-30-17-20-8-4-3-5-9-20/h3-11,21H,12-19H2,1-2H3,(H,26,27). The van der Waals surface area contributed by atoms with Crippen LogP contribution in [0.1, 0.15) is 30.4 Å². The van der Waals surface area contributed by atoms with Crippen LogP contribution in [-0.2, 0) is 16.8 Å². The van der Waals surface area contributed by atoms with Crippen molar-refractivity contribution in [3.63, 3.8) is 0 Å². The van der Waals surface area contributed by atoms with Crippen molar-refractivity contribution in [2.24, 2.45) is 10.9 Å². The van der Waals surface area contributed by atoms with Crippen LogP contribution in [0, 0.1) is 5.92 Å². The predicted molar refractivity (Wildman–Crippen MR) is 121 cm³/mol. The van der Waals surface area contributed by atoms with E-state index in [4.69, 9.17) is 9.47 Å². The SMILES string of the molecule is CN=C(NCC1(c2ccccc2OC)CC1)N1CCC(COCc2ccccc2)C1. The van der Waals surface area contributed by atoms with Gasteiger partial charge in [0.1, 0.15) is 5.75 Å². The summed E-state index contributed by atoms with van der Waals surface area (Å²) in [7, 11) is 3.63. The molecule has 0 radical (unpaired) electrons. The number of benzene rings is 2. The van der Waals surface area contributed by atoms with Crippen LogP contribution in [0.25, 0.3) is 0 Å². The second-order valence-electron chi connectivity index (χ2n) is 8.48. The number of likely N-dealkylation sites (tertiary alicyclic amines) is 1. The molecule has 1 aliphatic carbocycles. The van der Waals surface area contributed by atoms with Crippen molar-refractivity contribution in [1.29, 1.82) is 0 Å². The van der Waals surface area contributed by atoms with E-state index in [0.717, 1.165) is 44.4 Å². The van der Waals surface area contributed by atoms with E-state index in [0.29, 0.717) is 12.5 Å². The van der Waals surface area contributed by atoms with E-state index in [2.05, 4.69) is 57.7 Å². The molecule has 2 aliphatic rings. The van der Waals surface area contributed by atoms with Crippen molar-refractivity contribution in [1.82, 2.24) is 10.2 Å². The van der Waals surface area contributed by atoms with Gasteiger partial charge in [-0.2, -0.15) is 0 Å². The van der Waals surface area contributed by atoms with Gasteiger partial charge in [-0.25, -0.2) is 0 Å². The van der Waals surface area contributed by atoms with E-state index in [-0.39, 0.29) is 5.41 Å². The molecule has 1 N–H and O–H groups in total. The topological polar surface area (TPSA) is 46.1 Å². The van der Waals surface area contributed by atoms with Crippen LogP contribution >= 0.6 is 0 Å². The van der Waals surface area contributed by atoms with Crippen molar-refractivity contribution in [2.75, 3.05) is 40.4 Å². The minimum atomic E-state index is 0.167. The highest BCUT2D eigenvalue weighted by atomic mass is 16.5.